The minimum Gasteiger partial charge on any atom is -0.497 e. The van der Waals surface area contributed by atoms with Gasteiger partial charge in [-0.05, 0) is 23.8 Å². The van der Waals surface area contributed by atoms with Crippen molar-refractivity contribution in [2.75, 3.05) is 14.2 Å². The van der Waals surface area contributed by atoms with Crippen LogP contribution in [0.25, 0.3) is 10.9 Å². The zero-order valence-electron chi connectivity index (χ0n) is 14.2. The molecule has 7 heteroatoms. The number of hydrogen-bond acceptors (Lipinski definition) is 4. The van der Waals surface area contributed by atoms with Crippen molar-refractivity contribution in [3.63, 3.8) is 0 Å². The summed E-state index contributed by atoms with van der Waals surface area (Å²) in [5.41, 5.74) is 0.717. The summed E-state index contributed by atoms with van der Waals surface area (Å²) in [7, 11) is 2.93. The van der Waals surface area contributed by atoms with Crippen LogP contribution in [0, 0.1) is 11.6 Å². The van der Waals surface area contributed by atoms with Crippen LogP contribution in [0.15, 0.2) is 42.5 Å². The fraction of sp³-hybridized carbons (Fsp3) is 0.158. The molecule has 0 saturated carbocycles. The van der Waals surface area contributed by atoms with Crippen molar-refractivity contribution in [2.45, 2.75) is 6.54 Å². The Morgan fingerprint density at radius 1 is 1.08 bits per heavy atom. The number of carbonyl (C=O) groups excluding carboxylic acids is 1. The van der Waals surface area contributed by atoms with Crippen LogP contribution in [0.2, 0.25) is 0 Å². The van der Waals surface area contributed by atoms with E-state index in [0.717, 1.165) is 11.6 Å². The van der Waals surface area contributed by atoms with Gasteiger partial charge in [-0.25, -0.2) is 13.8 Å². The van der Waals surface area contributed by atoms with Crippen LogP contribution in [0.4, 0.5) is 8.78 Å². The lowest BCUT2D eigenvalue weighted by Crippen LogP contribution is -2.24. The van der Waals surface area contributed by atoms with Crippen molar-refractivity contribution in [3.05, 3.63) is 65.4 Å². The zero-order chi connectivity index (χ0) is 18.7. The quantitative estimate of drug-likeness (QED) is 0.759. The molecule has 0 aliphatic carbocycles. The summed E-state index contributed by atoms with van der Waals surface area (Å²) in [6, 6.07) is 10.4. The van der Waals surface area contributed by atoms with E-state index in [2.05, 4.69) is 10.3 Å². The Bertz CT molecular complexity index is 959. The topological polar surface area (TPSA) is 60.5 Å². The second kappa shape index (κ2) is 7.35. The first kappa shape index (κ1) is 17.6. The third kappa shape index (κ3) is 3.56. The Kier molecular flexibility index (Phi) is 4.97. The molecule has 0 radical (unpaired) electrons. The number of carbonyl (C=O) groups is 1. The Labute approximate surface area is 148 Å². The summed E-state index contributed by atoms with van der Waals surface area (Å²) < 4.78 is 37.7. The van der Waals surface area contributed by atoms with Crippen molar-refractivity contribution in [3.8, 4) is 11.5 Å². The predicted molar refractivity (Wildman–Crippen MR) is 92.4 cm³/mol. The number of nitrogens with zero attached hydrogens (tertiary/aromatic N) is 1. The number of ether oxygens (including phenoxy) is 2. The van der Waals surface area contributed by atoms with Crippen molar-refractivity contribution in [1.29, 1.82) is 0 Å². The molecule has 3 rings (SSSR count). The summed E-state index contributed by atoms with van der Waals surface area (Å²) in [5.74, 6) is -1.22. The highest BCUT2D eigenvalue weighted by molar-refractivity contribution is 5.97. The number of methoxy groups -OCH3 is 2. The maximum absolute atomic E-state index is 14.0. The van der Waals surface area contributed by atoms with Crippen LogP contribution in [-0.4, -0.2) is 25.1 Å². The van der Waals surface area contributed by atoms with E-state index in [0.29, 0.717) is 11.8 Å². The molecule has 1 aromatic heterocycles. The Morgan fingerprint density at radius 3 is 2.46 bits per heavy atom. The van der Waals surface area contributed by atoms with Gasteiger partial charge in [-0.15, -0.1) is 0 Å². The van der Waals surface area contributed by atoms with Crippen LogP contribution in [0.1, 0.15) is 16.1 Å². The molecule has 0 aliphatic rings. The van der Waals surface area contributed by atoms with E-state index >= 15 is 0 Å². The fourth-order valence-electron chi connectivity index (χ4n) is 2.52. The lowest BCUT2D eigenvalue weighted by molar-refractivity contribution is 0.0946. The van der Waals surface area contributed by atoms with E-state index in [1.165, 1.54) is 13.2 Å². The van der Waals surface area contributed by atoms with Crippen molar-refractivity contribution in [2.24, 2.45) is 0 Å². The molecule has 3 aromatic rings. The first-order valence-corrected chi connectivity index (χ1v) is 7.76. The second-order valence-electron chi connectivity index (χ2n) is 5.52. The Morgan fingerprint density at radius 2 is 1.81 bits per heavy atom. The Balaban J connectivity index is 1.85. The number of pyridine rings is 1. The number of nitrogens with one attached hydrogen (secondary N) is 1. The lowest BCUT2D eigenvalue weighted by atomic mass is 10.1. The van der Waals surface area contributed by atoms with E-state index in [9.17, 15) is 13.6 Å². The summed E-state index contributed by atoms with van der Waals surface area (Å²) in [4.78, 5) is 16.4. The minimum absolute atomic E-state index is 0.0200. The maximum Gasteiger partial charge on any atom is 0.270 e. The van der Waals surface area contributed by atoms with E-state index in [1.807, 2.05) is 12.1 Å². The molecule has 0 saturated heterocycles. The lowest BCUT2D eigenvalue weighted by Gasteiger charge is -2.10. The summed E-state index contributed by atoms with van der Waals surface area (Å²) >= 11 is 0. The molecular weight excluding hydrogens is 342 g/mol. The second-order valence-corrected chi connectivity index (χ2v) is 5.52. The van der Waals surface area contributed by atoms with Gasteiger partial charge in [0.25, 0.3) is 5.91 Å². The summed E-state index contributed by atoms with van der Waals surface area (Å²) in [6.45, 7) is 0.261. The number of aromatic nitrogens is 1. The molecule has 2 aromatic carbocycles. The van der Waals surface area contributed by atoms with Crippen LogP contribution >= 0.6 is 0 Å². The highest BCUT2D eigenvalue weighted by Crippen LogP contribution is 2.28. The standard InChI is InChI=1S/C19H16F2N2O3/c1-25-13-5-3-11(4-6-13)10-22-19(24)16-9-17(26-2)14-7-12(20)8-15(21)18(14)23-16/h3-9H,10H2,1-2H3,(H,22,24). The Hall–Kier alpha value is -3.22. The molecule has 1 amide bonds. The van der Waals surface area contributed by atoms with Gasteiger partial charge in [0, 0.05) is 24.1 Å². The largest absolute Gasteiger partial charge is 0.497 e. The van der Waals surface area contributed by atoms with Gasteiger partial charge in [0.15, 0.2) is 5.82 Å². The number of amides is 1. The van der Waals surface area contributed by atoms with E-state index in [-0.39, 0.29) is 28.9 Å². The van der Waals surface area contributed by atoms with Crippen LogP contribution in [0.3, 0.4) is 0 Å². The molecule has 1 heterocycles. The number of benzene rings is 2. The molecular formula is C19H16F2N2O3. The molecule has 0 aliphatic heterocycles. The van der Waals surface area contributed by atoms with Crippen LogP contribution in [-0.2, 0) is 6.54 Å². The predicted octanol–water partition coefficient (Wildman–Crippen LogP) is 3.46. The summed E-state index contributed by atoms with van der Waals surface area (Å²) in [5, 5.41) is 2.87. The first-order chi connectivity index (χ1) is 12.5. The van der Waals surface area contributed by atoms with Gasteiger partial charge in [0.2, 0.25) is 0 Å². The molecule has 0 bridgehead atoms. The summed E-state index contributed by atoms with van der Waals surface area (Å²) in [6.07, 6.45) is 0. The van der Waals surface area contributed by atoms with E-state index < -0.39 is 17.5 Å². The number of rotatable bonds is 5. The number of fused-ring (bicyclic) bond motifs is 1. The van der Waals surface area contributed by atoms with Crippen LogP contribution in [0.5, 0.6) is 11.5 Å². The molecule has 1 N–H and O–H groups in total. The average molecular weight is 358 g/mol. The van der Waals surface area contributed by atoms with Gasteiger partial charge in [-0.2, -0.15) is 0 Å². The highest BCUT2D eigenvalue weighted by Gasteiger charge is 2.16. The van der Waals surface area contributed by atoms with Gasteiger partial charge in [0.1, 0.15) is 28.5 Å². The highest BCUT2D eigenvalue weighted by atomic mass is 19.1. The molecule has 5 nitrogen and oxygen atoms in total. The minimum atomic E-state index is -0.858. The van der Waals surface area contributed by atoms with E-state index in [4.69, 9.17) is 9.47 Å². The van der Waals surface area contributed by atoms with Crippen LogP contribution < -0.4 is 14.8 Å². The SMILES string of the molecule is COc1ccc(CNC(=O)c2cc(OC)c3cc(F)cc(F)c3n2)cc1. The molecule has 0 unspecified atom stereocenters. The third-order valence-electron chi connectivity index (χ3n) is 3.86. The van der Waals surface area contributed by atoms with Gasteiger partial charge < -0.3 is 14.8 Å². The van der Waals surface area contributed by atoms with E-state index in [1.54, 1.807) is 19.2 Å². The van der Waals surface area contributed by atoms with Crippen molar-refractivity contribution in [1.82, 2.24) is 10.3 Å². The van der Waals surface area contributed by atoms with Gasteiger partial charge in [0.05, 0.1) is 14.2 Å². The smallest absolute Gasteiger partial charge is 0.270 e. The normalized spacial score (nSPS) is 10.6. The van der Waals surface area contributed by atoms with Gasteiger partial charge in [-0.3, -0.25) is 4.79 Å². The molecule has 0 fully saturated rings. The number of hydrogen-bond donors (Lipinski definition) is 1. The first-order valence-electron chi connectivity index (χ1n) is 7.76. The van der Waals surface area contributed by atoms with Crippen molar-refractivity contribution >= 4 is 16.8 Å². The van der Waals surface area contributed by atoms with Crippen molar-refractivity contribution < 1.29 is 23.0 Å². The molecule has 0 atom stereocenters. The molecule has 134 valence electrons. The monoisotopic (exact) mass is 358 g/mol. The fourth-order valence-corrected chi connectivity index (χ4v) is 2.52. The molecule has 26 heavy (non-hydrogen) atoms. The molecule has 0 spiro atoms. The number of halogens is 2. The maximum atomic E-state index is 14.0. The zero-order valence-corrected chi connectivity index (χ0v) is 14.2. The third-order valence-corrected chi connectivity index (χ3v) is 3.86. The van der Waals surface area contributed by atoms with Gasteiger partial charge in [-0.1, -0.05) is 12.1 Å². The van der Waals surface area contributed by atoms with Gasteiger partial charge >= 0.3 is 0 Å². The average Bonchev–Trinajstić information content (AvgIpc) is 2.65.